The topological polar surface area (TPSA) is 84.5 Å². The van der Waals surface area contributed by atoms with Gasteiger partial charge in [0.2, 0.25) is 11.8 Å². The predicted octanol–water partition coefficient (Wildman–Crippen LogP) is 0.217. The number of amides is 2. The molecule has 6 heteroatoms. The molecule has 2 N–H and O–H groups in total. The summed E-state index contributed by atoms with van der Waals surface area (Å²) < 4.78 is 4.95. The minimum Gasteiger partial charge on any atom is -0.465 e. The van der Waals surface area contributed by atoms with E-state index >= 15 is 0 Å². The highest BCUT2D eigenvalue weighted by molar-refractivity contribution is 5.99. The second-order valence-electron chi connectivity index (χ2n) is 5.76. The Morgan fingerprint density at radius 1 is 1.47 bits per heavy atom. The zero-order valence-electron chi connectivity index (χ0n) is 11.9. The van der Waals surface area contributed by atoms with Crippen LogP contribution in [0.4, 0.5) is 0 Å². The number of hydrogen-bond acceptors (Lipinski definition) is 4. The molecule has 2 atom stereocenters. The first-order chi connectivity index (χ1) is 8.75. The molecular weight excluding hydrogens is 248 g/mol. The Morgan fingerprint density at radius 3 is 2.53 bits per heavy atom. The SMILES string of the molecule is CCOC(=O)C(C(=O)NC1CNC(=O)C1)C(C)(C)C. The van der Waals surface area contributed by atoms with Gasteiger partial charge in [-0.15, -0.1) is 0 Å². The number of esters is 1. The third kappa shape index (κ3) is 4.22. The van der Waals surface area contributed by atoms with Crippen LogP contribution in [0.2, 0.25) is 0 Å². The van der Waals surface area contributed by atoms with E-state index in [1.54, 1.807) is 6.92 Å². The van der Waals surface area contributed by atoms with Gasteiger partial charge in [0.1, 0.15) is 5.92 Å². The molecule has 0 aromatic heterocycles. The van der Waals surface area contributed by atoms with E-state index in [4.69, 9.17) is 4.74 Å². The van der Waals surface area contributed by atoms with Gasteiger partial charge in [-0.1, -0.05) is 20.8 Å². The van der Waals surface area contributed by atoms with Gasteiger partial charge < -0.3 is 15.4 Å². The first-order valence-corrected chi connectivity index (χ1v) is 6.49. The van der Waals surface area contributed by atoms with Gasteiger partial charge in [-0.25, -0.2) is 0 Å². The van der Waals surface area contributed by atoms with Crippen molar-refractivity contribution < 1.29 is 19.1 Å². The zero-order chi connectivity index (χ0) is 14.6. The summed E-state index contributed by atoms with van der Waals surface area (Å²) in [4.78, 5) is 35.2. The summed E-state index contributed by atoms with van der Waals surface area (Å²) in [5, 5.41) is 5.37. The molecule has 0 aromatic rings. The maximum absolute atomic E-state index is 12.2. The normalized spacial score (nSPS) is 20.6. The van der Waals surface area contributed by atoms with E-state index in [2.05, 4.69) is 10.6 Å². The molecule has 1 aliphatic heterocycles. The third-order valence-electron chi connectivity index (χ3n) is 2.97. The van der Waals surface area contributed by atoms with E-state index in [9.17, 15) is 14.4 Å². The Balaban J connectivity index is 2.72. The van der Waals surface area contributed by atoms with Crippen LogP contribution in [-0.2, 0) is 19.1 Å². The monoisotopic (exact) mass is 270 g/mol. The average molecular weight is 270 g/mol. The fourth-order valence-corrected chi connectivity index (χ4v) is 2.07. The molecule has 0 radical (unpaired) electrons. The van der Waals surface area contributed by atoms with Crippen LogP contribution in [0.3, 0.4) is 0 Å². The molecule has 0 bridgehead atoms. The van der Waals surface area contributed by atoms with Crippen molar-refractivity contribution in [3.05, 3.63) is 0 Å². The van der Waals surface area contributed by atoms with Crippen molar-refractivity contribution in [1.29, 1.82) is 0 Å². The van der Waals surface area contributed by atoms with Gasteiger partial charge in [0.15, 0.2) is 0 Å². The van der Waals surface area contributed by atoms with Crippen LogP contribution < -0.4 is 10.6 Å². The Kier molecular flexibility index (Phi) is 4.91. The molecule has 1 rings (SSSR count). The lowest BCUT2D eigenvalue weighted by Gasteiger charge is -2.28. The molecule has 0 spiro atoms. The summed E-state index contributed by atoms with van der Waals surface area (Å²) in [6, 6.07) is -0.251. The lowest BCUT2D eigenvalue weighted by Crippen LogP contribution is -2.47. The van der Waals surface area contributed by atoms with Crippen molar-refractivity contribution in [3.8, 4) is 0 Å². The van der Waals surface area contributed by atoms with Crippen LogP contribution in [0.25, 0.3) is 0 Å². The first-order valence-electron chi connectivity index (χ1n) is 6.49. The van der Waals surface area contributed by atoms with Gasteiger partial charge >= 0.3 is 5.97 Å². The zero-order valence-corrected chi connectivity index (χ0v) is 11.9. The highest BCUT2D eigenvalue weighted by atomic mass is 16.5. The smallest absolute Gasteiger partial charge is 0.319 e. The maximum Gasteiger partial charge on any atom is 0.319 e. The lowest BCUT2D eigenvalue weighted by molar-refractivity contribution is -0.156. The van der Waals surface area contributed by atoms with Crippen molar-refractivity contribution >= 4 is 17.8 Å². The molecule has 1 saturated heterocycles. The van der Waals surface area contributed by atoms with Gasteiger partial charge in [-0.2, -0.15) is 0 Å². The Labute approximate surface area is 113 Å². The molecule has 108 valence electrons. The van der Waals surface area contributed by atoms with E-state index in [1.165, 1.54) is 0 Å². The van der Waals surface area contributed by atoms with Crippen LogP contribution in [0, 0.1) is 11.3 Å². The summed E-state index contributed by atoms with van der Waals surface area (Å²) in [6.45, 7) is 7.78. The molecule has 1 fully saturated rings. The predicted molar refractivity (Wildman–Crippen MR) is 69.1 cm³/mol. The number of rotatable bonds is 4. The minimum atomic E-state index is -0.872. The summed E-state index contributed by atoms with van der Waals surface area (Å²) in [6.07, 6.45) is 0.255. The Bertz CT molecular complexity index is 373. The van der Waals surface area contributed by atoms with Gasteiger partial charge in [0.25, 0.3) is 0 Å². The van der Waals surface area contributed by atoms with E-state index in [1.807, 2.05) is 20.8 Å². The highest BCUT2D eigenvalue weighted by Crippen LogP contribution is 2.27. The molecule has 0 saturated carbocycles. The molecule has 1 aliphatic rings. The molecule has 6 nitrogen and oxygen atoms in total. The van der Waals surface area contributed by atoms with Crippen molar-refractivity contribution in [2.45, 2.75) is 40.2 Å². The van der Waals surface area contributed by atoms with Crippen molar-refractivity contribution in [2.75, 3.05) is 13.2 Å². The van der Waals surface area contributed by atoms with Gasteiger partial charge in [0.05, 0.1) is 12.6 Å². The molecule has 19 heavy (non-hydrogen) atoms. The summed E-state index contributed by atoms with van der Waals surface area (Å²) in [5.74, 6) is -1.87. The summed E-state index contributed by atoms with van der Waals surface area (Å²) in [7, 11) is 0. The quantitative estimate of drug-likeness (QED) is 0.565. The number of hydrogen-bond donors (Lipinski definition) is 2. The van der Waals surface area contributed by atoms with E-state index < -0.39 is 17.3 Å². The molecule has 0 aliphatic carbocycles. The van der Waals surface area contributed by atoms with Gasteiger partial charge in [0, 0.05) is 13.0 Å². The van der Waals surface area contributed by atoms with Gasteiger partial charge in [-0.3, -0.25) is 14.4 Å². The second kappa shape index (κ2) is 6.04. The van der Waals surface area contributed by atoms with Crippen LogP contribution in [0.5, 0.6) is 0 Å². The molecule has 0 aromatic carbocycles. The molecule has 1 heterocycles. The molecular formula is C13H22N2O4. The van der Waals surface area contributed by atoms with Crippen LogP contribution in [-0.4, -0.2) is 37.0 Å². The Hall–Kier alpha value is -1.59. The number of ether oxygens (including phenoxy) is 1. The van der Waals surface area contributed by atoms with Crippen molar-refractivity contribution in [1.82, 2.24) is 10.6 Å². The van der Waals surface area contributed by atoms with Gasteiger partial charge in [-0.05, 0) is 12.3 Å². The molecule has 2 amide bonds. The number of nitrogens with one attached hydrogen (secondary N) is 2. The Morgan fingerprint density at radius 2 is 2.11 bits per heavy atom. The lowest BCUT2D eigenvalue weighted by atomic mass is 9.80. The average Bonchev–Trinajstić information content (AvgIpc) is 2.61. The number of carbonyl (C=O) groups excluding carboxylic acids is 3. The van der Waals surface area contributed by atoms with Crippen LogP contribution in [0.15, 0.2) is 0 Å². The second-order valence-corrected chi connectivity index (χ2v) is 5.76. The van der Waals surface area contributed by atoms with Crippen LogP contribution in [0.1, 0.15) is 34.1 Å². The first kappa shape index (κ1) is 15.5. The fourth-order valence-electron chi connectivity index (χ4n) is 2.07. The summed E-state index contributed by atoms with van der Waals surface area (Å²) >= 11 is 0. The van der Waals surface area contributed by atoms with Crippen molar-refractivity contribution in [3.63, 3.8) is 0 Å². The number of carbonyl (C=O) groups is 3. The highest BCUT2D eigenvalue weighted by Gasteiger charge is 2.40. The van der Waals surface area contributed by atoms with E-state index in [-0.39, 0.29) is 30.9 Å². The van der Waals surface area contributed by atoms with Crippen molar-refractivity contribution in [2.24, 2.45) is 11.3 Å². The third-order valence-corrected chi connectivity index (χ3v) is 2.97. The maximum atomic E-state index is 12.2. The van der Waals surface area contributed by atoms with Crippen LogP contribution >= 0.6 is 0 Å². The standard InChI is InChI=1S/C13H22N2O4/c1-5-19-12(18)10(13(2,3)4)11(17)15-8-6-9(16)14-7-8/h8,10H,5-7H2,1-4H3,(H,14,16)(H,15,17). The minimum absolute atomic E-state index is 0.0891. The largest absolute Gasteiger partial charge is 0.465 e. The molecule has 2 unspecified atom stereocenters. The summed E-state index contributed by atoms with van der Waals surface area (Å²) in [5.41, 5.74) is -0.535. The van der Waals surface area contributed by atoms with E-state index in [0.29, 0.717) is 6.54 Å². The van der Waals surface area contributed by atoms with E-state index in [0.717, 1.165) is 0 Å². The fraction of sp³-hybridized carbons (Fsp3) is 0.769.